The highest BCUT2D eigenvalue weighted by Crippen LogP contribution is 2.69. The average molecular weight is 407 g/mol. The van der Waals surface area contributed by atoms with Crippen LogP contribution in [-0.4, -0.2) is 46.6 Å². The quantitative estimate of drug-likeness (QED) is 0.494. The predicted octanol–water partition coefficient (Wildman–Crippen LogP) is 2.65. The van der Waals surface area contributed by atoms with Crippen molar-refractivity contribution in [1.82, 2.24) is 0 Å². The van der Waals surface area contributed by atoms with Crippen molar-refractivity contribution in [2.24, 2.45) is 44.9 Å². The lowest BCUT2D eigenvalue weighted by atomic mass is 9.38. The fourth-order valence-corrected chi connectivity index (χ4v) is 8.02. The van der Waals surface area contributed by atoms with Crippen LogP contribution in [0, 0.1) is 34.0 Å². The predicted molar refractivity (Wildman–Crippen MR) is 111 cm³/mol. The van der Waals surface area contributed by atoms with Crippen LogP contribution < -0.4 is 5.73 Å². The molecule has 4 rings (SSSR count). The number of ketones is 1. The summed E-state index contributed by atoms with van der Waals surface area (Å²) < 4.78 is 0. The Morgan fingerprint density at radius 1 is 1.14 bits per heavy atom. The minimum atomic E-state index is -1.28. The van der Waals surface area contributed by atoms with Crippen molar-refractivity contribution in [2.75, 3.05) is 13.2 Å². The molecule has 6 nitrogen and oxygen atoms in total. The van der Waals surface area contributed by atoms with Crippen molar-refractivity contribution in [1.29, 1.82) is 0 Å². The highest BCUT2D eigenvalue weighted by molar-refractivity contribution is 5.92. The number of nitrogens with two attached hydrogens (primary N) is 1. The van der Waals surface area contributed by atoms with Crippen LogP contribution in [0.1, 0.15) is 72.6 Å². The Bertz CT molecular complexity index is 722. The van der Waals surface area contributed by atoms with Crippen molar-refractivity contribution in [3.05, 3.63) is 0 Å². The van der Waals surface area contributed by atoms with E-state index in [9.17, 15) is 15.0 Å². The first kappa shape index (κ1) is 21.3. The molecule has 0 aliphatic heterocycles. The summed E-state index contributed by atoms with van der Waals surface area (Å²) in [6.07, 6.45) is 4.68. The summed E-state index contributed by atoms with van der Waals surface area (Å²) in [5.74, 6) is 1.33. The van der Waals surface area contributed by atoms with Gasteiger partial charge >= 0.3 is 0 Å². The SMILES string of the molecule is CC1(C)/C(=N\OCCN)CC[C@]2(C)[C@H]3CC[C@]4(C)C(=O)CC[C@H]4[C@@H]3C[C@H](O)[C@@]12O. The molecule has 0 saturated heterocycles. The molecule has 6 heteroatoms. The normalized spacial score (nSPS) is 50.0. The molecule has 0 aromatic carbocycles. The number of oxime groups is 1. The highest BCUT2D eigenvalue weighted by atomic mass is 16.6. The van der Waals surface area contributed by atoms with Gasteiger partial charge in [0.05, 0.1) is 11.8 Å². The Morgan fingerprint density at radius 2 is 1.86 bits per heavy atom. The number of carbonyl (C=O) groups excluding carboxylic acids is 1. The Kier molecular flexibility index (Phi) is 4.96. The maximum absolute atomic E-state index is 12.6. The van der Waals surface area contributed by atoms with Gasteiger partial charge in [-0.2, -0.15) is 0 Å². The summed E-state index contributed by atoms with van der Waals surface area (Å²) in [5.41, 5.74) is 3.69. The Labute approximate surface area is 174 Å². The van der Waals surface area contributed by atoms with Gasteiger partial charge in [-0.3, -0.25) is 4.79 Å². The van der Waals surface area contributed by atoms with Gasteiger partial charge in [0.15, 0.2) is 0 Å². The van der Waals surface area contributed by atoms with Crippen molar-refractivity contribution >= 4 is 11.5 Å². The molecule has 0 unspecified atom stereocenters. The number of nitrogens with zero attached hydrogens (tertiary/aromatic N) is 1. The summed E-state index contributed by atoms with van der Waals surface area (Å²) in [6, 6.07) is 0. The third kappa shape index (κ3) is 2.58. The van der Waals surface area contributed by atoms with Crippen LogP contribution in [0.15, 0.2) is 5.16 Å². The summed E-state index contributed by atoms with van der Waals surface area (Å²) in [4.78, 5) is 18.0. The van der Waals surface area contributed by atoms with Crippen LogP contribution in [0.25, 0.3) is 0 Å². The van der Waals surface area contributed by atoms with Crippen LogP contribution >= 0.6 is 0 Å². The molecule has 0 spiro atoms. The minimum absolute atomic E-state index is 0.237. The van der Waals surface area contributed by atoms with Crippen LogP contribution in [0.5, 0.6) is 0 Å². The van der Waals surface area contributed by atoms with Gasteiger partial charge in [-0.15, -0.1) is 0 Å². The Balaban J connectivity index is 1.71. The van der Waals surface area contributed by atoms with Crippen LogP contribution in [0.4, 0.5) is 0 Å². The van der Waals surface area contributed by atoms with E-state index in [0.29, 0.717) is 49.5 Å². The van der Waals surface area contributed by atoms with Gasteiger partial charge in [-0.1, -0.05) is 32.9 Å². The average Bonchev–Trinajstić information content (AvgIpc) is 2.96. The van der Waals surface area contributed by atoms with E-state index in [2.05, 4.69) is 19.0 Å². The standard InChI is InChI=1S/C23H38N2O4/c1-20(2)17(25-29-12-11-24)8-10-22(4)16-7-9-21(3)15(5-6-18(21)26)14(16)13-19(27)23(20,22)28/h14-16,19,27-28H,5-13,24H2,1-4H3/b25-17-/t14-,15-,16-,19-,21-,22+,23+/m0/s1. The lowest BCUT2D eigenvalue weighted by Crippen LogP contribution is -2.74. The van der Waals surface area contributed by atoms with Crippen molar-refractivity contribution in [2.45, 2.75) is 84.3 Å². The number of Topliss-reactive ketones (excluding diaryl/α,β-unsaturated/α-hetero) is 1. The topological polar surface area (TPSA) is 105 Å². The number of aliphatic hydroxyl groups is 2. The monoisotopic (exact) mass is 406 g/mol. The van der Waals surface area contributed by atoms with Gasteiger partial charge < -0.3 is 20.8 Å². The van der Waals surface area contributed by atoms with Crippen LogP contribution in [0.2, 0.25) is 0 Å². The van der Waals surface area contributed by atoms with E-state index in [4.69, 9.17) is 10.6 Å². The van der Waals surface area contributed by atoms with E-state index in [-0.39, 0.29) is 5.41 Å². The molecule has 4 aliphatic rings. The number of aliphatic hydroxyl groups excluding tert-OH is 1. The second-order valence-corrected chi connectivity index (χ2v) is 11.0. The maximum Gasteiger partial charge on any atom is 0.139 e. The molecule has 29 heavy (non-hydrogen) atoms. The van der Waals surface area contributed by atoms with E-state index >= 15 is 0 Å². The van der Waals surface area contributed by atoms with Gasteiger partial charge in [-0.05, 0) is 56.3 Å². The Hall–Kier alpha value is -0.980. The molecular weight excluding hydrogens is 368 g/mol. The van der Waals surface area contributed by atoms with Crippen molar-refractivity contribution < 1.29 is 19.8 Å². The summed E-state index contributed by atoms with van der Waals surface area (Å²) >= 11 is 0. The highest BCUT2D eigenvalue weighted by Gasteiger charge is 2.72. The summed E-state index contributed by atoms with van der Waals surface area (Å²) in [6.45, 7) is 9.03. The number of fused-ring (bicyclic) bond motifs is 5. The number of hydrogen-bond donors (Lipinski definition) is 3. The van der Waals surface area contributed by atoms with E-state index < -0.39 is 22.5 Å². The molecule has 164 valence electrons. The molecule has 7 atom stereocenters. The molecule has 0 amide bonds. The second-order valence-electron chi connectivity index (χ2n) is 11.0. The van der Waals surface area contributed by atoms with Crippen LogP contribution in [0.3, 0.4) is 0 Å². The second kappa shape index (κ2) is 6.76. The largest absolute Gasteiger partial charge is 0.394 e. The van der Waals surface area contributed by atoms with Gasteiger partial charge in [0.1, 0.15) is 18.0 Å². The Morgan fingerprint density at radius 3 is 2.55 bits per heavy atom. The first-order valence-electron chi connectivity index (χ1n) is 11.4. The zero-order valence-electron chi connectivity index (χ0n) is 18.4. The molecule has 0 aromatic heterocycles. The van der Waals surface area contributed by atoms with Gasteiger partial charge in [0.25, 0.3) is 0 Å². The molecule has 4 saturated carbocycles. The van der Waals surface area contributed by atoms with Gasteiger partial charge in [0, 0.05) is 29.2 Å². The zero-order valence-corrected chi connectivity index (χ0v) is 18.4. The third-order valence-corrected chi connectivity index (χ3v) is 9.75. The molecular formula is C23H38N2O4. The minimum Gasteiger partial charge on any atom is -0.394 e. The number of carbonyl (C=O) groups is 1. The molecule has 4 N–H and O–H groups in total. The lowest BCUT2D eigenvalue weighted by Gasteiger charge is -2.68. The molecule has 0 bridgehead atoms. The van der Waals surface area contributed by atoms with E-state index in [1.54, 1.807) is 0 Å². The van der Waals surface area contributed by atoms with Gasteiger partial charge in [0.2, 0.25) is 0 Å². The van der Waals surface area contributed by atoms with Crippen molar-refractivity contribution in [3.8, 4) is 0 Å². The fourth-order valence-electron chi connectivity index (χ4n) is 8.02. The molecule has 4 fully saturated rings. The maximum atomic E-state index is 12.6. The smallest absolute Gasteiger partial charge is 0.139 e. The van der Waals surface area contributed by atoms with Crippen molar-refractivity contribution in [3.63, 3.8) is 0 Å². The van der Waals surface area contributed by atoms with Crippen LogP contribution in [-0.2, 0) is 9.63 Å². The van der Waals surface area contributed by atoms with E-state index in [1.165, 1.54) is 0 Å². The summed E-state index contributed by atoms with van der Waals surface area (Å²) in [5, 5.41) is 27.9. The molecule has 0 heterocycles. The molecule has 0 aromatic rings. The van der Waals surface area contributed by atoms with E-state index in [1.807, 2.05) is 13.8 Å². The van der Waals surface area contributed by atoms with Gasteiger partial charge in [-0.25, -0.2) is 0 Å². The fraction of sp³-hybridized carbons (Fsp3) is 0.913. The zero-order chi connectivity index (χ0) is 21.2. The first-order chi connectivity index (χ1) is 13.5. The number of hydrogen-bond acceptors (Lipinski definition) is 6. The third-order valence-electron chi connectivity index (χ3n) is 9.75. The van der Waals surface area contributed by atoms with E-state index in [0.717, 1.165) is 37.8 Å². The molecule has 4 aliphatic carbocycles. The lowest BCUT2D eigenvalue weighted by molar-refractivity contribution is -0.273. The first-order valence-corrected chi connectivity index (χ1v) is 11.4. The number of rotatable bonds is 3. The molecule has 0 radical (unpaired) electrons. The summed E-state index contributed by atoms with van der Waals surface area (Å²) in [7, 11) is 0.